The highest BCUT2D eigenvalue weighted by Gasteiger charge is 2.20. The quantitative estimate of drug-likeness (QED) is 0.786. The molecule has 3 heterocycles. The Hall–Kier alpha value is -2.41. The van der Waals surface area contributed by atoms with Gasteiger partial charge in [0.05, 0.1) is 0 Å². The molecule has 1 N–H and O–H groups in total. The Morgan fingerprint density at radius 2 is 2.14 bits per heavy atom. The Kier molecular flexibility index (Phi) is 3.34. The number of aromatic nitrogens is 3. The van der Waals surface area contributed by atoms with Crippen molar-refractivity contribution in [2.45, 2.75) is 6.92 Å². The lowest BCUT2D eigenvalue weighted by Crippen LogP contribution is -1.97. The molecule has 0 atom stereocenters. The molecule has 0 saturated heterocycles. The zero-order valence-corrected chi connectivity index (χ0v) is 12.5. The first kappa shape index (κ1) is 13.6. The Balaban J connectivity index is 2.12. The molecule has 0 aromatic carbocycles. The lowest BCUT2D eigenvalue weighted by atomic mass is 10.2. The van der Waals surface area contributed by atoms with Gasteiger partial charge in [0.1, 0.15) is 17.0 Å². The predicted octanol–water partition coefficient (Wildman–Crippen LogP) is 3.30. The summed E-state index contributed by atoms with van der Waals surface area (Å²) in [6.07, 6.45) is 3.04. The van der Waals surface area contributed by atoms with Gasteiger partial charge < -0.3 is 9.52 Å². The van der Waals surface area contributed by atoms with Crippen LogP contribution in [0, 0.1) is 6.92 Å². The minimum atomic E-state index is -1.07. The maximum atomic E-state index is 11.4. The van der Waals surface area contributed by atoms with E-state index >= 15 is 0 Å². The minimum absolute atomic E-state index is 0.0640. The fourth-order valence-corrected chi connectivity index (χ4v) is 2.13. The Labute approximate surface area is 128 Å². The summed E-state index contributed by atoms with van der Waals surface area (Å²) in [7, 11) is 0. The third-order valence-corrected chi connectivity index (χ3v) is 3.33. The molecule has 3 rings (SSSR count). The van der Waals surface area contributed by atoms with E-state index in [1.54, 1.807) is 37.4 Å². The van der Waals surface area contributed by atoms with Gasteiger partial charge >= 0.3 is 5.97 Å². The molecule has 0 bridgehead atoms. The van der Waals surface area contributed by atoms with Crippen LogP contribution >= 0.6 is 15.9 Å². The number of halogens is 1. The molecule has 0 unspecified atom stereocenters. The van der Waals surface area contributed by atoms with Crippen molar-refractivity contribution in [3.05, 3.63) is 52.5 Å². The molecule has 3 aromatic heterocycles. The van der Waals surface area contributed by atoms with Crippen molar-refractivity contribution in [2.24, 2.45) is 0 Å². The smallest absolute Gasteiger partial charge is 0.339 e. The molecule has 3 aromatic rings. The SMILES string of the molecule is Cc1ccc(-c2nn(-c3ccc(Br)cn3)cc2C(=O)O)o1. The lowest BCUT2D eigenvalue weighted by molar-refractivity contribution is 0.0697. The fraction of sp³-hybridized carbons (Fsp3) is 0.0714. The molecular formula is C14H10BrN3O3. The van der Waals surface area contributed by atoms with Crippen LogP contribution in [-0.4, -0.2) is 25.8 Å². The highest BCUT2D eigenvalue weighted by Crippen LogP contribution is 2.25. The molecule has 0 aliphatic carbocycles. The van der Waals surface area contributed by atoms with Gasteiger partial charge in [-0.3, -0.25) is 0 Å². The second kappa shape index (κ2) is 5.17. The van der Waals surface area contributed by atoms with Crippen molar-refractivity contribution in [1.82, 2.24) is 14.8 Å². The standard InChI is InChI=1S/C14H10BrN3O3/c1-8-2-4-11(21-8)13-10(14(19)20)7-18(17-13)12-5-3-9(15)6-16-12/h2-7H,1H3,(H,19,20). The van der Waals surface area contributed by atoms with Gasteiger partial charge in [-0.15, -0.1) is 0 Å². The maximum Gasteiger partial charge on any atom is 0.339 e. The monoisotopic (exact) mass is 347 g/mol. The molecule has 106 valence electrons. The van der Waals surface area contributed by atoms with Crippen molar-refractivity contribution in [1.29, 1.82) is 0 Å². The number of aryl methyl sites for hydroxylation is 1. The summed E-state index contributed by atoms with van der Waals surface area (Å²) in [6.45, 7) is 1.79. The third kappa shape index (κ3) is 2.59. The molecule has 6 nitrogen and oxygen atoms in total. The van der Waals surface area contributed by atoms with Crippen molar-refractivity contribution in [3.63, 3.8) is 0 Å². The second-order valence-corrected chi connectivity index (χ2v) is 5.30. The maximum absolute atomic E-state index is 11.4. The van der Waals surface area contributed by atoms with Gasteiger partial charge in [0.15, 0.2) is 11.6 Å². The van der Waals surface area contributed by atoms with E-state index in [0.29, 0.717) is 17.3 Å². The summed E-state index contributed by atoms with van der Waals surface area (Å²) in [5.41, 5.74) is 0.342. The number of rotatable bonds is 3. The van der Waals surface area contributed by atoms with Gasteiger partial charge in [0, 0.05) is 16.9 Å². The van der Waals surface area contributed by atoms with Crippen LogP contribution in [0.4, 0.5) is 0 Å². The molecule has 0 aliphatic heterocycles. The van der Waals surface area contributed by atoms with E-state index in [-0.39, 0.29) is 11.3 Å². The first-order valence-electron chi connectivity index (χ1n) is 6.06. The average molecular weight is 348 g/mol. The predicted molar refractivity (Wildman–Crippen MR) is 78.5 cm³/mol. The van der Waals surface area contributed by atoms with Crippen LogP contribution in [0.5, 0.6) is 0 Å². The number of furan rings is 1. The molecule has 0 aliphatic rings. The number of pyridine rings is 1. The topological polar surface area (TPSA) is 81.2 Å². The largest absolute Gasteiger partial charge is 0.478 e. The van der Waals surface area contributed by atoms with E-state index in [9.17, 15) is 9.90 Å². The lowest BCUT2D eigenvalue weighted by Gasteiger charge is -1.99. The molecular weight excluding hydrogens is 338 g/mol. The number of nitrogens with zero attached hydrogens (tertiary/aromatic N) is 3. The normalized spacial score (nSPS) is 10.8. The van der Waals surface area contributed by atoms with Crippen molar-refractivity contribution < 1.29 is 14.3 Å². The molecule has 21 heavy (non-hydrogen) atoms. The zero-order valence-electron chi connectivity index (χ0n) is 10.9. The molecule has 0 amide bonds. The van der Waals surface area contributed by atoms with E-state index in [1.165, 1.54) is 10.9 Å². The van der Waals surface area contributed by atoms with Crippen LogP contribution in [0.1, 0.15) is 16.1 Å². The highest BCUT2D eigenvalue weighted by atomic mass is 79.9. The first-order chi connectivity index (χ1) is 10.0. The van der Waals surface area contributed by atoms with Crippen molar-refractivity contribution in [2.75, 3.05) is 0 Å². The number of carbonyl (C=O) groups is 1. The van der Waals surface area contributed by atoms with E-state index in [2.05, 4.69) is 26.0 Å². The highest BCUT2D eigenvalue weighted by molar-refractivity contribution is 9.10. The summed E-state index contributed by atoms with van der Waals surface area (Å²) in [5, 5.41) is 13.6. The van der Waals surface area contributed by atoms with Gasteiger partial charge in [-0.05, 0) is 47.1 Å². The zero-order chi connectivity index (χ0) is 15.0. The van der Waals surface area contributed by atoms with E-state index < -0.39 is 5.97 Å². The van der Waals surface area contributed by atoms with Crippen LogP contribution in [-0.2, 0) is 0 Å². The Bertz CT molecular complexity index is 805. The molecule has 0 spiro atoms. The van der Waals surface area contributed by atoms with Crippen LogP contribution in [0.15, 0.2) is 45.5 Å². The van der Waals surface area contributed by atoms with Gasteiger partial charge in [-0.1, -0.05) is 0 Å². The third-order valence-electron chi connectivity index (χ3n) is 2.86. The minimum Gasteiger partial charge on any atom is -0.478 e. The number of carboxylic acids is 1. The van der Waals surface area contributed by atoms with Crippen LogP contribution in [0.25, 0.3) is 17.3 Å². The number of aromatic carboxylic acids is 1. The summed E-state index contributed by atoms with van der Waals surface area (Å²) in [6, 6.07) is 7.00. The molecule has 7 heteroatoms. The number of hydrogen-bond donors (Lipinski definition) is 1. The summed E-state index contributed by atoms with van der Waals surface area (Å²) in [4.78, 5) is 15.6. The average Bonchev–Trinajstić information content (AvgIpc) is 3.05. The Morgan fingerprint density at radius 3 is 2.71 bits per heavy atom. The molecule has 0 saturated carbocycles. The van der Waals surface area contributed by atoms with E-state index in [1.807, 2.05) is 0 Å². The van der Waals surface area contributed by atoms with E-state index in [0.717, 1.165) is 4.47 Å². The van der Waals surface area contributed by atoms with E-state index in [4.69, 9.17) is 4.42 Å². The van der Waals surface area contributed by atoms with Gasteiger partial charge in [0.2, 0.25) is 0 Å². The van der Waals surface area contributed by atoms with Gasteiger partial charge in [-0.25, -0.2) is 14.5 Å². The van der Waals surface area contributed by atoms with Crippen LogP contribution < -0.4 is 0 Å². The van der Waals surface area contributed by atoms with Gasteiger partial charge in [0.25, 0.3) is 0 Å². The van der Waals surface area contributed by atoms with Crippen LogP contribution in [0.3, 0.4) is 0 Å². The summed E-state index contributed by atoms with van der Waals surface area (Å²) >= 11 is 3.30. The number of hydrogen-bond acceptors (Lipinski definition) is 4. The molecule has 0 fully saturated rings. The number of carboxylic acid groups (broad SMARTS) is 1. The fourth-order valence-electron chi connectivity index (χ4n) is 1.90. The molecule has 0 radical (unpaired) electrons. The second-order valence-electron chi connectivity index (χ2n) is 4.39. The van der Waals surface area contributed by atoms with Crippen molar-refractivity contribution >= 4 is 21.9 Å². The first-order valence-corrected chi connectivity index (χ1v) is 6.85. The van der Waals surface area contributed by atoms with Gasteiger partial charge in [-0.2, -0.15) is 5.10 Å². The summed E-state index contributed by atoms with van der Waals surface area (Å²) in [5.74, 6) is 0.566. The Morgan fingerprint density at radius 1 is 1.33 bits per heavy atom. The van der Waals surface area contributed by atoms with Crippen LogP contribution in [0.2, 0.25) is 0 Å². The van der Waals surface area contributed by atoms with Crippen molar-refractivity contribution in [3.8, 4) is 17.3 Å². The summed E-state index contributed by atoms with van der Waals surface area (Å²) < 4.78 is 7.71.